The van der Waals surface area contributed by atoms with E-state index in [0.717, 1.165) is 0 Å². The van der Waals surface area contributed by atoms with Gasteiger partial charge in [0.1, 0.15) is 5.69 Å². The first-order valence-electron chi connectivity index (χ1n) is 5.91. The van der Waals surface area contributed by atoms with Gasteiger partial charge in [-0.15, -0.1) is 0 Å². The number of hydrogen-bond acceptors (Lipinski definition) is 4. The molecule has 0 saturated carbocycles. The van der Waals surface area contributed by atoms with E-state index in [-0.39, 0.29) is 12.6 Å². The van der Waals surface area contributed by atoms with Crippen molar-refractivity contribution in [3.8, 4) is 11.4 Å². The predicted molar refractivity (Wildman–Crippen MR) is 70.5 cm³/mol. The molecule has 100 valence electrons. The number of rotatable bonds is 5. The third-order valence-corrected chi connectivity index (χ3v) is 2.43. The first-order valence-corrected chi connectivity index (χ1v) is 5.91. The lowest BCUT2D eigenvalue weighted by Crippen LogP contribution is -2.29. The number of urea groups is 1. The number of aliphatic hydroxyl groups excluding tert-OH is 1. The van der Waals surface area contributed by atoms with Gasteiger partial charge in [0, 0.05) is 19.3 Å². The van der Waals surface area contributed by atoms with Crippen LogP contribution < -0.4 is 10.6 Å². The van der Waals surface area contributed by atoms with Crippen LogP contribution >= 0.6 is 0 Å². The summed E-state index contributed by atoms with van der Waals surface area (Å²) in [5.41, 5.74) is 1.91. The minimum absolute atomic E-state index is 0.0468. The Bertz CT molecular complexity index is 526. The smallest absolute Gasteiger partial charge is 0.319 e. The molecule has 2 aromatic rings. The number of carbonyl (C=O) groups is 1. The van der Waals surface area contributed by atoms with Crippen molar-refractivity contribution >= 4 is 11.7 Å². The van der Waals surface area contributed by atoms with Crippen LogP contribution in [-0.4, -0.2) is 39.5 Å². The predicted octanol–water partition coefficient (Wildman–Crippen LogP) is 0.976. The number of nitrogens with zero attached hydrogens (tertiary/aromatic N) is 2. The summed E-state index contributed by atoms with van der Waals surface area (Å²) in [6, 6.07) is 5.15. The molecule has 0 spiro atoms. The van der Waals surface area contributed by atoms with Crippen molar-refractivity contribution in [2.24, 2.45) is 0 Å². The monoisotopic (exact) mass is 261 g/mol. The summed E-state index contributed by atoms with van der Waals surface area (Å²) < 4.78 is 0. The molecule has 0 fully saturated rings. The minimum Gasteiger partial charge on any atom is -0.396 e. The van der Waals surface area contributed by atoms with E-state index in [0.29, 0.717) is 30.0 Å². The van der Waals surface area contributed by atoms with E-state index in [1.165, 1.54) is 6.20 Å². The highest BCUT2D eigenvalue weighted by atomic mass is 16.3. The third kappa shape index (κ3) is 3.52. The molecule has 7 nitrogen and oxygen atoms in total. The second kappa shape index (κ2) is 6.50. The standard InChI is InChI=1S/C12H15N5O2/c18-7-3-6-14-12(19)16-10-8-15-17-11(10)9-4-1-2-5-13-9/h1-2,4-5,8,18H,3,6-7H2,(H,15,17)(H2,14,16,19). The number of carbonyl (C=O) groups excluding carboxylic acids is 1. The maximum Gasteiger partial charge on any atom is 0.319 e. The molecule has 2 heterocycles. The molecule has 0 aliphatic heterocycles. The molecule has 2 aromatic heterocycles. The van der Waals surface area contributed by atoms with E-state index < -0.39 is 0 Å². The SMILES string of the molecule is O=C(NCCCO)Nc1cn[nH]c1-c1ccccn1. The number of hydrogen-bond donors (Lipinski definition) is 4. The first-order chi connectivity index (χ1) is 9.31. The highest BCUT2D eigenvalue weighted by Gasteiger charge is 2.10. The molecule has 0 aliphatic carbocycles. The van der Waals surface area contributed by atoms with Crippen molar-refractivity contribution in [1.29, 1.82) is 0 Å². The average molecular weight is 261 g/mol. The Morgan fingerprint density at radius 3 is 3.05 bits per heavy atom. The van der Waals surface area contributed by atoms with Gasteiger partial charge >= 0.3 is 6.03 Å². The molecular weight excluding hydrogens is 246 g/mol. The summed E-state index contributed by atoms with van der Waals surface area (Å²) in [7, 11) is 0. The molecule has 4 N–H and O–H groups in total. The van der Waals surface area contributed by atoms with Crippen molar-refractivity contribution < 1.29 is 9.90 Å². The lowest BCUT2D eigenvalue weighted by molar-refractivity contribution is 0.249. The maximum atomic E-state index is 11.6. The average Bonchev–Trinajstić information content (AvgIpc) is 2.88. The molecule has 0 radical (unpaired) electrons. The van der Waals surface area contributed by atoms with Crippen LogP contribution in [0.5, 0.6) is 0 Å². The van der Waals surface area contributed by atoms with Gasteiger partial charge in [-0.25, -0.2) is 4.79 Å². The van der Waals surface area contributed by atoms with Crippen molar-refractivity contribution in [2.45, 2.75) is 6.42 Å². The molecular formula is C12H15N5O2. The maximum absolute atomic E-state index is 11.6. The second-order valence-electron chi connectivity index (χ2n) is 3.83. The Kier molecular flexibility index (Phi) is 4.46. The van der Waals surface area contributed by atoms with Gasteiger partial charge in [0.25, 0.3) is 0 Å². The van der Waals surface area contributed by atoms with Crippen LogP contribution in [-0.2, 0) is 0 Å². The normalized spacial score (nSPS) is 10.2. The summed E-state index contributed by atoms with van der Waals surface area (Å²) in [6.07, 6.45) is 3.71. The van der Waals surface area contributed by atoms with Crippen molar-refractivity contribution in [1.82, 2.24) is 20.5 Å². The minimum atomic E-state index is -0.341. The van der Waals surface area contributed by atoms with Crippen LogP contribution in [0.25, 0.3) is 11.4 Å². The molecule has 2 amide bonds. The molecule has 0 saturated heterocycles. The van der Waals surface area contributed by atoms with Gasteiger partial charge in [0.05, 0.1) is 17.6 Å². The van der Waals surface area contributed by atoms with Gasteiger partial charge in [-0.05, 0) is 18.6 Å². The van der Waals surface area contributed by atoms with Crippen molar-refractivity contribution in [3.63, 3.8) is 0 Å². The second-order valence-corrected chi connectivity index (χ2v) is 3.83. The number of nitrogens with one attached hydrogen (secondary N) is 3. The Balaban J connectivity index is 2.02. The highest BCUT2D eigenvalue weighted by Crippen LogP contribution is 2.22. The molecule has 0 atom stereocenters. The molecule has 0 aliphatic rings. The van der Waals surface area contributed by atoms with E-state index >= 15 is 0 Å². The summed E-state index contributed by atoms with van der Waals surface area (Å²) in [5.74, 6) is 0. The lowest BCUT2D eigenvalue weighted by Gasteiger charge is -2.06. The fourth-order valence-corrected chi connectivity index (χ4v) is 1.53. The first kappa shape index (κ1) is 13.0. The zero-order chi connectivity index (χ0) is 13.5. The van der Waals surface area contributed by atoms with E-state index in [1.807, 2.05) is 18.2 Å². The largest absolute Gasteiger partial charge is 0.396 e. The molecule has 19 heavy (non-hydrogen) atoms. The van der Waals surface area contributed by atoms with Crippen LogP contribution in [0.2, 0.25) is 0 Å². The highest BCUT2D eigenvalue weighted by molar-refractivity contribution is 5.92. The Morgan fingerprint density at radius 2 is 2.32 bits per heavy atom. The summed E-state index contributed by atoms with van der Waals surface area (Å²) in [5, 5.41) is 20.6. The number of pyridine rings is 1. The molecule has 0 bridgehead atoms. The zero-order valence-electron chi connectivity index (χ0n) is 10.3. The van der Waals surface area contributed by atoms with Crippen LogP contribution in [0.3, 0.4) is 0 Å². The number of anilines is 1. The number of aliphatic hydroxyl groups is 1. The topological polar surface area (TPSA) is 103 Å². The van der Waals surface area contributed by atoms with Gasteiger partial charge in [-0.3, -0.25) is 10.1 Å². The van der Waals surface area contributed by atoms with Crippen LogP contribution in [0.1, 0.15) is 6.42 Å². The third-order valence-electron chi connectivity index (χ3n) is 2.43. The quantitative estimate of drug-likeness (QED) is 0.602. The molecule has 2 rings (SSSR count). The summed E-state index contributed by atoms with van der Waals surface area (Å²) in [4.78, 5) is 15.8. The van der Waals surface area contributed by atoms with E-state index in [1.54, 1.807) is 6.20 Å². The van der Waals surface area contributed by atoms with E-state index in [9.17, 15) is 4.79 Å². The number of amides is 2. The van der Waals surface area contributed by atoms with Gasteiger partial charge < -0.3 is 15.7 Å². The van der Waals surface area contributed by atoms with Gasteiger partial charge in [-0.2, -0.15) is 5.10 Å². The molecule has 0 aromatic carbocycles. The fraction of sp³-hybridized carbons (Fsp3) is 0.250. The Morgan fingerprint density at radius 1 is 1.42 bits per heavy atom. The van der Waals surface area contributed by atoms with Crippen molar-refractivity contribution in [3.05, 3.63) is 30.6 Å². The van der Waals surface area contributed by atoms with E-state index in [2.05, 4.69) is 25.8 Å². The lowest BCUT2D eigenvalue weighted by atomic mass is 10.2. The summed E-state index contributed by atoms with van der Waals surface area (Å²) in [6.45, 7) is 0.463. The Hall–Kier alpha value is -2.41. The van der Waals surface area contributed by atoms with Crippen LogP contribution in [0.4, 0.5) is 10.5 Å². The number of aromatic amines is 1. The van der Waals surface area contributed by atoms with Crippen molar-refractivity contribution in [2.75, 3.05) is 18.5 Å². The fourth-order valence-electron chi connectivity index (χ4n) is 1.53. The Labute approximate surface area is 110 Å². The zero-order valence-corrected chi connectivity index (χ0v) is 10.3. The van der Waals surface area contributed by atoms with Gasteiger partial charge in [0.15, 0.2) is 0 Å². The summed E-state index contributed by atoms with van der Waals surface area (Å²) >= 11 is 0. The molecule has 0 unspecified atom stereocenters. The van der Waals surface area contributed by atoms with E-state index in [4.69, 9.17) is 5.11 Å². The number of aromatic nitrogens is 3. The van der Waals surface area contributed by atoms with Crippen LogP contribution in [0, 0.1) is 0 Å². The molecule has 7 heteroatoms. The van der Waals surface area contributed by atoms with Gasteiger partial charge in [-0.1, -0.05) is 6.07 Å². The van der Waals surface area contributed by atoms with Gasteiger partial charge in [0.2, 0.25) is 0 Å². The number of H-pyrrole nitrogens is 1. The van der Waals surface area contributed by atoms with Crippen LogP contribution in [0.15, 0.2) is 30.6 Å².